The van der Waals surface area contributed by atoms with Crippen molar-refractivity contribution in [2.45, 2.75) is 18.9 Å². The Kier molecular flexibility index (Phi) is 5.31. The van der Waals surface area contributed by atoms with Gasteiger partial charge in [0.2, 0.25) is 5.91 Å². The van der Waals surface area contributed by atoms with E-state index >= 15 is 0 Å². The number of amides is 1. The molecule has 1 saturated heterocycles. The molecule has 0 bridgehead atoms. The lowest BCUT2D eigenvalue weighted by atomic mass is 10.2. The highest BCUT2D eigenvalue weighted by molar-refractivity contribution is 6.43. The molecule has 1 aromatic carbocycles. The van der Waals surface area contributed by atoms with Crippen LogP contribution in [-0.2, 0) is 9.53 Å². The third kappa shape index (κ3) is 4.27. The Morgan fingerprint density at radius 1 is 1.42 bits per heavy atom. The summed E-state index contributed by atoms with van der Waals surface area (Å²) in [6.45, 7) is 1.51. The predicted molar refractivity (Wildman–Crippen MR) is 76.9 cm³/mol. The van der Waals surface area contributed by atoms with Crippen molar-refractivity contribution >= 4 is 34.8 Å². The smallest absolute Gasteiger partial charge is 0.239 e. The first-order chi connectivity index (χ1) is 9.16. The summed E-state index contributed by atoms with van der Waals surface area (Å²) in [4.78, 5) is 11.7. The van der Waals surface area contributed by atoms with E-state index < -0.39 is 0 Å². The van der Waals surface area contributed by atoms with E-state index in [0.29, 0.717) is 22.3 Å². The van der Waals surface area contributed by atoms with Crippen molar-refractivity contribution in [1.29, 1.82) is 0 Å². The monoisotopic (exact) mass is 302 g/mol. The number of hydrogen-bond donors (Lipinski definition) is 2. The number of rotatable bonds is 5. The van der Waals surface area contributed by atoms with Crippen LogP contribution in [0.3, 0.4) is 0 Å². The van der Waals surface area contributed by atoms with Crippen molar-refractivity contribution < 1.29 is 9.53 Å². The van der Waals surface area contributed by atoms with Gasteiger partial charge < -0.3 is 15.4 Å². The maximum atomic E-state index is 11.7. The molecule has 0 aliphatic carbocycles. The third-order valence-corrected chi connectivity index (χ3v) is 3.76. The van der Waals surface area contributed by atoms with E-state index in [1.54, 1.807) is 18.2 Å². The van der Waals surface area contributed by atoms with Crippen molar-refractivity contribution in [3.63, 3.8) is 0 Å². The maximum absolute atomic E-state index is 11.7. The zero-order valence-electron chi connectivity index (χ0n) is 10.4. The second-order valence-electron chi connectivity index (χ2n) is 4.39. The van der Waals surface area contributed by atoms with Crippen molar-refractivity contribution in [3.05, 3.63) is 28.2 Å². The molecule has 0 spiro atoms. The van der Waals surface area contributed by atoms with E-state index in [4.69, 9.17) is 27.9 Å². The maximum Gasteiger partial charge on any atom is 0.239 e. The standard InChI is InChI=1S/C13H16Cl2N2O2/c14-10-4-1-5-11(13(10)15)16-8-12(18)17-7-9-3-2-6-19-9/h1,4-5,9,16H,2-3,6-8H2,(H,17,18). The minimum atomic E-state index is -0.0912. The molecule has 1 aliphatic heterocycles. The fourth-order valence-electron chi connectivity index (χ4n) is 1.91. The van der Waals surface area contributed by atoms with Gasteiger partial charge in [0.1, 0.15) is 0 Å². The van der Waals surface area contributed by atoms with Gasteiger partial charge in [0.25, 0.3) is 0 Å². The quantitative estimate of drug-likeness (QED) is 0.879. The van der Waals surface area contributed by atoms with Gasteiger partial charge in [-0.1, -0.05) is 29.3 Å². The normalized spacial score (nSPS) is 18.3. The summed E-state index contributed by atoms with van der Waals surface area (Å²) in [5, 5.41) is 6.68. The molecule has 2 rings (SSSR count). The Balaban J connectivity index is 1.75. The summed E-state index contributed by atoms with van der Waals surface area (Å²) in [5.41, 5.74) is 0.654. The summed E-state index contributed by atoms with van der Waals surface area (Å²) in [6.07, 6.45) is 2.23. The lowest BCUT2D eigenvalue weighted by molar-refractivity contribution is -0.119. The molecule has 0 radical (unpaired) electrons. The molecule has 1 unspecified atom stereocenters. The number of anilines is 1. The Morgan fingerprint density at radius 3 is 3.00 bits per heavy atom. The van der Waals surface area contributed by atoms with Crippen LogP contribution in [0.15, 0.2) is 18.2 Å². The van der Waals surface area contributed by atoms with Gasteiger partial charge in [-0.3, -0.25) is 4.79 Å². The van der Waals surface area contributed by atoms with Crippen molar-refractivity contribution in [2.75, 3.05) is 25.0 Å². The van der Waals surface area contributed by atoms with Crippen molar-refractivity contribution in [2.24, 2.45) is 0 Å². The lowest BCUT2D eigenvalue weighted by Crippen LogP contribution is -2.35. The van der Waals surface area contributed by atoms with Crippen LogP contribution >= 0.6 is 23.2 Å². The lowest BCUT2D eigenvalue weighted by Gasteiger charge is -2.12. The van der Waals surface area contributed by atoms with Crippen LogP contribution in [0.4, 0.5) is 5.69 Å². The van der Waals surface area contributed by atoms with Gasteiger partial charge in [-0.25, -0.2) is 0 Å². The van der Waals surface area contributed by atoms with Crippen LogP contribution in [0.1, 0.15) is 12.8 Å². The number of benzene rings is 1. The molecule has 1 atom stereocenters. The molecule has 19 heavy (non-hydrogen) atoms. The number of halogens is 2. The Labute approximate surface area is 122 Å². The van der Waals surface area contributed by atoms with Crippen LogP contribution in [0.5, 0.6) is 0 Å². The summed E-state index contributed by atoms with van der Waals surface area (Å²) < 4.78 is 5.43. The average Bonchev–Trinajstić information content (AvgIpc) is 2.91. The largest absolute Gasteiger partial charge is 0.376 e. The van der Waals surface area contributed by atoms with Gasteiger partial charge >= 0.3 is 0 Å². The van der Waals surface area contributed by atoms with Crippen LogP contribution in [0.2, 0.25) is 10.0 Å². The fraction of sp³-hybridized carbons (Fsp3) is 0.462. The minimum Gasteiger partial charge on any atom is -0.376 e. The van der Waals surface area contributed by atoms with E-state index in [-0.39, 0.29) is 18.6 Å². The predicted octanol–water partition coefficient (Wildman–Crippen LogP) is 2.70. The molecule has 4 nitrogen and oxygen atoms in total. The summed E-state index contributed by atoms with van der Waals surface area (Å²) in [7, 11) is 0. The van der Waals surface area contributed by atoms with E-state index in [9.17, 15) is 4.79 Å². The van der Waals surface area contributed by atoms with E-state index in [1.165, 1.54) is 0 Å². The highest BCUT2D eigenvalue weighted by Crippen LogP contribution is 2.29. The van der Waals surface area contributed by atoms with Crippen LogP contribution in [0.25, 0.3) is 0 Å². The second-order valence-corrected chi connectivity index (χ2v) is 5.18. The second kappa shape index (κ2) is 6.98. The molecular formula is C13H16Cl2N2O2. The number of carbonyl (C=O) groups is 1. The fourth-order valence-corrected chi connectivity index (χ4v) is 2.28. The Hall–Kier alpha value is -0.970. The molecule has 6 heteroatoms. The average molecular weight is 303 g/mol. The summed E-state index contributed by atoms with van der Waals surface area (Å²) in [5.74, 6) is -0.0912. The molecule has 0 aromatic heterocycles. The van der Waals surface area contributed by atoms with Crippen molar-refractivity contribution in [1.82, 2.24) is 5.32 Å². The van der Waals surface area contributed by atoms with E-state index in [0.717, 1.165) is 19.4 Å². The highest BCUT2D eigenvalue weighted by atomic mass is 35.5. The van der Waals surface area contributed by atoms with Gasteiger partial charge in [0, 0.05) is 13.2 Å². The number of hydrogen-bond acceptors (Lipinski definition) is 3. The Bertz CT molecular complexity index is 448. The topological polar surface area (TPSA) is 50.4 Å². The van der Waals surface area contributed by atoms with Crippen LogP contribution in [0, 0.1) is 0 Å². The van der Waals surface area contributed by atoms with Gasteiger partial charge in [0.15, 0.2) is 0 Å². The molecule has 1 amide bonds. The highest BCUT2D eigenvalue weighted by Gasteiger charge is 2.16. The first-order valence-electron chi connectivity index (χ1n) is 6.23. The minimum absolute atomic E-state index is 0.0912. The number of ether oxygens (including phenoxy) is 1. The number of carbonyl (C=O) groups excluding carboxylic acids is 1. The van der Waals surface area contributed by atoms with Gasteiger partial charge in [-0.15, -0.1) is 0 Å². The van der Waals surface area contributed by atoms with E-state index in [2.05, 4.69) is 10.6 Å². The van der Waals surface area contributed by atoms with Gasteiger partial charge in [0.05, 0.1) is 28.4 Å². The molecule has 0 saturated carbocycles. The molecule has 1 heterocycles. The molecule has 2 N–H and O–H groups in total. The summed E-state index contributed by atoms with van der Waals surface area (Å²) >= 11 is 11.9. The third-order valence-electron chi connectivity index (χ3n) is 2.94. The Morgan fingerprint density at radius 2 is 2.26 bits per heavy atom. The summed E-state index contributed by atoms with van der Waals surface area (Å²) in [6, 6.07) is 5.26. The molecule has 1 aromatic rings. The first-order valence-corrected chi connectivity index (χ1v) is 6.98. The molecule has 1 aliphatic rings. The zero-order valence-corrected chi connectivity index (χ0v) is 11.9. The van der Waals surface area contributed by atoms with Crippen LogP contribution < -0.4 is 10.6 Å². The first kappa shape index (κ1) is 14.4. The van der Waals surface area contributed by atoms with Gasteiger partial charge in [-0.2, -0.15) is 0 Å². The SMILES string of the molecule is O=C(CNc1cccc(Cl)c1Cl)NCC1CCCO1. The molecular weight excluding hydrogens is 287 g/mol. The molecule has 1 fully saturated rings. The van der Waals surface area contributed by atoms with Gasteiger partial charge in [-0.05, 0) is 25.0 Å². The molecule has 104 valence electrons. The van der Waals surface area contributed by atoms with E-state index in [1.807, 2.05) is 0 Å². The number of nitrogens with one attached hydrogen (secondary N) is 2. The zero-order chi connectivity index (χ0) is 13.7. The van der Waals surface area contributed by atoms with Crippen molar-refractivity contribution in [3.8, 4) is 0 Å². The van der Waals surface area contributed by atoms with Crippen LogP contribution in [-0.4, -0.2) is 31.7 Å².